The third-order valence-electron chi connectivity index (χ3n) is 8.95. The zero-order valence-corrected chi connectivity index (χ0v) is 23.0. The minimum Gasteiger partial charge on any atom is -0.369 e. The number of imide groups is 1. The standard InChI is InChI=1S/C30H35FN6O4/c31-24-3-1-2-22(28(32)39)27(24)36-10-8-19(9-11-36)17-34-12-14-35(15-13-34)21-5-4-20-18-37(30(41)23(20)16-21)25-6-7-26(38)33-29(25)40/h1-5,16,19,25H,6-15,17-18H2,(H2,32,39)(H,33,38,40)/t25-/m0/s1. The van der Waals surface area contributed by atoms with Crippen molar-refractivity contribution in [3.8, 4) is 0 Å². The van der Waals surface area contributed by atoms with Crippen LogP contribution in [0.15, 0.2) is 36.4 Å². The van der Waals surface area contributed by atoms with Crippen molar-refractivity contribution in [2.45, 2.75) is 38.3 Å². The second-order valence-corrected chi connectivity index (χ2v) is 11.5. The van der Waals surface area contributed by atoms with Crippen molar-refractivity contribution < 1.29 is 23.6 Å². The Kier molecular flexibility index (Phi) is 7.37. The maximum Gasteiger partial charge on any atom is 0.255 e. The number of nitrogens with one attached hydrogen (secondary N) is 1. The van der Waals surface area contributed by atoms with E-state index in [0.29, 0.717) is 43.2 Å². The number of piperazine rings is 1. The van der Waals surface area contributed by atoms with Crippen LogP contribution in [0.4, 0.5) is 15.8 Å². The van der Waals surface area contributed by atoms with Gasteiger partial charge in [-0.2, -0.15) is 0 Å². The van der Waals surface area contributed by atoms with Gasteiger partial charge in [0.05, 0.1) is 11.3 Å². The number of halogens is 1. The molecule has 6 rings (SSSR count). The lowest BCUT2D eigenvalue weighted by Gasteiger charge is -2.40. The molecule has 0 spiro atoms. The van der Waals surface area contributed by atoms with Crippen LogP contribution in [0.25, 0.3) is 0 Å². The van der Waals surface area contributed by atoms with Crippen LogP contribution in [0, 0.1) is 11.7 Å². The summed E-state index contributed by atoms with van der Waals surface area (Å²) >= 11 is 0. The molecule has 41 heavy (non-hydrogen) atoms. The van der Waals surface area contributed by atoms with Crippen LogP contribution in [0.5, 0.6) is 0 Å². The van der Waals surface area contributed by atoms with Gasteiger partial charge >= 0.3 is 0 Å². The summed E-state index contributed by atoms with van der Waals surface area (Å²) in [7, 11) is 0. The van der Waals surface area contributed by atoms with E-state index in [9.17, 15) is 23.6 Å². The highest BCUT2D eigenvalue weighted by Crippen LogP contribution is 2.32. The van der Waals surface area contributed by atoms with E-state index >= 15 is 0 Å². The van der Waals surface area contributed by atoms with E-state index < -0.39 is 23.7 Å². The average Bonchev–Trinajstić information content (AvgIpc) is 3.29. The van der Waals surface area contributed by atoms with Crippen LogP contribution < -0.4 is 20.9 Å². The maximum absolute atomic E-state index is 14.6. The van der Waals surface area contributed by atoms with E-state index in [1.807, 2.05) is 17.0 Å². The fraction of sp³-hybridized carbons (Fsp3) is 0.467. The second kappa shape index (κ2) is 11.1. The Balaban J connectivity index is 1.01. The number of nitrogens with two attached hydrogens (primary N) is 1. The Bertz CT molecular complexity index is 1380. The summed E-state index contributed by atoms with van der Waals surface area (Å²) in [5, 5.41) is 2.35. The number of amides is 4. The van der Waals surface area contributed by atoms with E-state index in [4.69, 9.17) is 5.73 Å². The lowest BCUT2D eigenvalue weighted by molar-refractivity contribution is -0.136. The number of primary amides is 1. The lowest BCUT2D eigenvalue weighted by Crippen LogP contribution is -2.52. The monoisotopic (exact) mass is 562 g/mol. The van der Waals surface area contributed by atoms with E-state index in [0.717, 1.165) is 56.8 Å². The van der Waals surface area contributed by atoms with Crippen molar-refractivity contribution in [2.24, 2.45) is 11.7 Å². The molecule has 3 fully saturated rings. The first-order chi connectivity index (χ1) is 19.8. The van der Waals surface area contributed by atoms with Gasteiger partial charge in [-0.15, -0.1) is 0 Å². The molecule has 0 aromatic heterocycles. The number of fused-ring (bicyclic) bond motifs is 1. The molecule has 4 aliphatic rings. The number of carbonyl (C=O) groups excluding carboxylic acids is 4. The van der Waals surface area contributed by atoms with Gasteiger partial charge in [-0.05, 0) is 55.0 Å². The summed E-state index contributed by atoms with van der Waals surface area (Å²) in [4.78, 5) is 57.2. The van der Waals surface area contributed by atoms with Gasteiger partial charge in [-0.25, -0.2) is 4.39 Å². The van der Waals surface area contributed by atoms with Crippen molar-refractivity contribution in [3.05, 3.63) is 58.9 Å². The van der Waals surface area contributed by atoms with Gasteiger partial charge < -0.3 is 20.4 Å². The first-order valence-corrected chi connectivity index (χ1v) is 14.4. The quantitative estimate of drug-likeness (QED) is 0.515. The molecule has 0 saturated carbocycles. The number of hydrogen-bond donors (Lipinski definition) is 2. The molecular formula is C30H35FN6O4. The topological polar surface area (TPSA) is 119 Å². The van der Waals surface area contributed by atoms with Crippen molar-refractivity contribution in [1.29, 1.82) is 0 Å². The molecule has 11 heteroatoms. The number of anilines is 2. The molecule has 2 aromatic carbocycles. The number of hydrogen-bond acceptors (Lipinski definition) is 7. The lowest BCUT2D eigenvalue weighted by atomic mass is 9.94. The van der Waals surface area contributed by atoms with E-state index in [-0.39, 0.29) is 23.8 Å². The van der Waals surface area contributed by atoms with Crippen molar-refractivity contribution >= 4 is 35.0 Å². The first kappa shape index (κ1) is 27.2. The van der Waals surface area contributed by atoms with Crippen LogP contribution in [0.2, 0.25) is 0 Å². The number of piperidine rings is 2. The molecule has 0 radical (unpaired) electrons. The van der Waals surface area contributed by atoms with Gasteiger partial charge in [0.15, 0.2) is 0 Å². The summed E-state index contributed by atoms with van der Waals surface area (Å²) in [6.45, 7) is 6.24. The first-order valence-electron chi connectivity index (χ1n) is 14.4. The summed E-state index contributed by atoms with van der Waals surface area (Å²) in [6, 6.07) is 9.84. The smallest absolute Gasteiger partial charge is 0.255 e. The summed E-state index contributed by atoms with van der Waals surface area (Å²) in [5.41, 5.74) is 8.59. The predicted molar refractivity (Wildman–Crippen MR) is 151 cm³/mol. The fourth-order valence-corrected chi connectivity index (χ4v) is 6.67. The molecule has 10 nitrogen and oxygen atoms in total. The number of rotatable bonds is 6. The van der Waals surface area contributed by atoms with Crippen LogP contribution in [0.1, 0.15) is 52.0 Å². The van der Waals surface area contributed by atoms with Gasteiger partial charge in [0.25, 0.3) is 11.8 Å². The van der Waals surface area contributed by atoms with E-state index in [1.54, 1.807) is 11.0 Å². The molecule has 4 amide bonds. The Morgan fingerprint density at radius 2 is 1.71 bits per heavy atom. The molecule has 0 unspecified atom stereocenters. The van der Waals surface area contributed by atoms with E-state index in [1.165, 1.54) is 12.1 Å². The SMILES string of the molecule is NC(=O)c1cccc(F)c1N1CCC(CN2CCN(c3ccc4c(c3)C(=O)N([C@H]3CCC(=O)NC3=O)C4)CC2)CC1. The van der Waals surface area contributed by atoms with Gasteiger partial charge in [-0.1, -0.05) is 12.1 Å². The van der Waals surface area contributed by atoms with Gasteiger partial charge in [0, 0.05) is 70.0 Å². The van der Waals surface area contributed by atoms with Crippen molar-refractivity contribution in [3.63, 3.8) is 0 Å². The molecule has 3 saturated heterocycles. The highest BCUT2D eigenvalue weighted by molar-refractivity contribution is 6.05. The number of carbonyl (C=O) groups is 4. The van der Waals surface area contributed by atoms with E-state index in [2.05, 4.69) is 21.2 Å². The Morgan fingerprint density at radius 3 is 2.41 bits per heavy atom. The Hall–Kier alpha value is -3.99. The highest BCUT2D eigenvalue weighted by Gasteiger charge is 2.39. The number of benzene rings is 2. The summed E-state index contributed by atoms with van der Waals surface area (Å²) in [6.07, 6.45) is 2.44. The number of para-hydroxylation sites is 1. The van der Waals surface area contributed by atoms with Crippen LogP contribution in [-0.2, 0) is 16.1 Å². The molecule has 4 heterocycles. The second-order valence-electron chi connectivity index (χ2n) is 11.5. The molecule has 3 N–H and O–H groups in total. The minimum absolute atomic E-state index is 0.153. The Labute approximate surface area is 238 Å². The average molecular weight is 563 g/mol. The predicted octanol–water partition coefficient (Wildman–Crippen LogP) is 1.72. The molecular weight excluding hydrogens is 527 g/mol. The minimum atomic E-state index is -0.612. The fourth-order valence-electron chi connectivity index (χ4n) is 6.67. The van der Waals surface area contributed by atoms with Crippen molar-refractivity contribution in [1.82, 2.24) is 15.1 Å². The van der Waals surface area contributed by atoms with Gasteiger partial charge in [0.1, 0.15) is 11.9 Å². The summed E-state index contributed by atoms with van der Waals surface area (Å²) in [5.74, 6) is -1.36. The zero-order valence-electron chi connectivity index (χ0n) is 23.0. The molecule has 216 valence electrons. The highest BCUT2D eigenvalue weighted by atomic mass is 19.1. The Morgan fingerprint density at radius 1 is 0.951 bits per heavy atom. The van der Waals surface area contributed by atoms with Gasteiger partial charge in [0.2, 0.25) is 11.8 Å². The third kappa shape index (κ3) is 5.38. The maximum atomic E-state index is 14.6. The largest absolute Gasteiger partial charge is 0.369 e. The van der Waals surface area contributed by atoms with Crippen LogP contribution >= 0.6 is 0 Å². The zero-order chi connectivity index (χ0) is 28.7. The third-order valence-corrected chi connectivity index (χ3v) is 8.95. The van der Waals surface area contributed by atoms with Crippen LogP contribution in [-0.4, -0.2) is 85.3 Å². The molecule has 1 atom stereocenters. The van der Waals surface area contributed by atoms with Gasteiger partial charge in [-0.3, -0.25) is 29.4 Å². The summed E-state index contributed by atoms with van der Waals surface area (Å²) < 4.78 is 14.6. The van der Waals surface area contributed by atoms with Crippen molar-refractivity contribution in [2.75, 3.05) is 55.6 Å². The molecule has 4 aliphatic heterocycles. The molecule has 0 aliphatic carbocycles. The molecule has 2 aromatic rings. The normalized spacial score (nSPS) is 22.2. The molecule has 0 bridgehead atoms. The number of nitrogens with zero attached hydrogens (tertiary/aromatic N) is 4. The van der Waals surface area contributed by atoms with Crippen LogP contribution in [0.3, 0.4) is 0 Å².